The molecule has 74 valence electrons. The number of nitrogens with zero attached hydrogens (tertiary/aromatic N) is 1. The van der Waals surface area contributed by atoms with Crippen molar-refractivity contribution >= 4 is 0 Å². The highest BCUT2D eigenvalue weighted by atomic mass is 19.1. The average molecular weight is 183 g/mol. The van der Waals surface area contributed by atoms with Crippen LogP contribution in [0.5, 0.6) is 0 Å². The summed E-state index contributed by atoms with van der Waals surface area (Å²) in [4.78, 5) is 2.29. The van der Waals surface area contributed by atoms with Crippen molar-refractivity contribution in [3.63, 3.8) is 0 Å². The van der Waals surface area contributed by atoms with Gasteiger partial charge in [0.2, 0.25) is 0 Å². The Balaban J connectivity index is 2.55. The highest BCUT2D eigenvalue weighted by Crippen LogP contribution is 2.26. The van der Waals surface area contributed by atoms with E-state index in [0.29, 0.717) is 18.9 Å². The standard InChI is InChI=1S/C11H18FN/c1-4-11(12)6-5-8-13(9-7-11)10(2)3/h1,10H,5-9H2,2-3H3. The molecule has 1 heterocycles. The molecule has 13 heavy (non-hydrogen) atoms. The Labute approximate surface area is 80.3 Å². The van der Waals surface area contributed by atoms with Crippen molar-refractivity contribution in [1.29, 1.82) is 0 Å². The molecule has 1 unspecified atom stereocenters. The van der Waals surface area contributed by atoms with E-state index >= 15 is 0 Å². The Morgan fingerprint density at radius 3 is 2.62 bits per heavy atom. The molecule has 1 aliphatic rings. The fourth-order valence-corrected chi connectivity index (χ4v) is 1.78. The molecule has 0 aromatic carbocycles. The van der Waals surface area contributed by atoms with Crippen LogP contribution >= 0.6 is 0 Å². The Bertz CT molecular complexity index is 207. The zero-order valence-corrected chi connectivity index (χ0v) is 8.52. The van der Waals surface area contributed by atoms with Crippen molar-refractivity contribution in [1.82, 2.24) is 4.90 Å². The van der Waals surface area contributed by atoms with E-state index in [-0.39, 0.29) is 0 Å². The molecule has 1 atom stereocenters. The first kappa shape index (κ1) is 10.5. The van der Waals surface area contributed by atoms with Crippen LogP contribution < -0.4 is 0 Å². The van der Waals surface area contributed by atoms with Gasteiger partial charge in [0.15, 0.2) is 5.67 Å². The predicted molar refractivity (Wildman–Crippen MR) is 53.2 cm³/mol. The van der Waals surface area contributed by atoms with E-state index in [1.54, 1.807) is 0 Å². The number of likely N-dealkylation sites (tertiary alicyclic amines) is 1. The first-order valence-electron chi connectivity index (χ1n) is 4.98. The van der Waals surface area contributed by atoms with Gasteiger partial charge >= 0.3 is 0 Å². The Morgan fingerprint density at radius 2 is 2.08 bits per heavy atom. The molecule has 1 nitrogen and oxygen atoms in total. The molecule has 0 amide bonds. The Kier molecular flexibility index (Phi) is 3.33. The maximum Gasteiger partial charge on any atom is 0.171 e. The lowest BCUT2D eigenvalue weighted by atomic mass is 9.98. The lowest BCUT2D eigenvalue weighted by molar-refractivity contribution is 0.193. The fourth-order valence-electron chi connectivity index (χ4n) is 1.78. The van der Waals surface area contributed by atoms with Crippen molar-refractivity contribution in [2.24, 2.45) is 0 Å². The van der Waals surface area contributed by atoms with Gasteiger partial charge in [-0.1, -0.05) is 5.92 Å². The van der Waals surface area contributed by atoms with Crippen molar-refractivity contribution in [2.45, 2.75) is 44.8 Å². The zero-order chi connectivity index (χ0) is 9.90. The second kappa shape index (κ2) is 4.11. The first-order chi connectivity index (χ1) is 6.07. The van der Waals surface area contributed by atoms with E-state index in [4.69, 9.17) is 6.42 Å². The monoisotopic (exact) mass is 183 g/mol. The molecule has 0 aliphatic carbocycles. The van der Waals surface area contributed by atoms with Crippen LogP contribution in [0.4, 0.5) is 4.39 Å². The lowest BCUT2D eigenvalue weighted by Crippen LogP contribution is -2.32. The maximum atomic E-state index is 13.7. The van der Waals surface area contributed by atoms with Crippen molar-refractivity contribution < 1.29 is 4.39 Å². The Morgan fingerprint density at radius 1 is 1.38 bits per heavy atom. The summed E-state index contributed by atoms with van der Waals surface area (Å²) in [6, 6.07) is 0.500. The van der Waals surface area contributed by atoms with Gasteiger partial charge in [-0.3, -0.25) is 0 Å². The van der Waals surface area contributed by atoms with Crippen molar-refractivity contribution in [2.75, 3.05) is 13.1 Å². The second-order valence-electron chi connectivity index (χ2n) is 4.09. The summed E-state index contributed by atoms with van der Waals surface area (Å²) in [7, 11) is 0. The van der Waals surface area contributed by atoms with Crippen LogP contribution in [0.1, 0.15) is 33.1 Å². The van der Waals surface area contributed by atoms with Crippen LogP contribution in [0, 0.1) is 12.3 Å². The van der Waals surface area contributed by atoms with E-state index in [1.807, 2.05) is 0 Å². The SMILES string of the molecule is C#CC1(F)CCCN(C(C)C)CC1. The van der Waals surface area contributed by atoms with Crippen LogP contribution in [0.3, 0.4) is 0 Å². The van der Waals surface area contributed by atoms with E-state index in [9.17, 15) is 4.39 Å². The second-order valence-corrected chi connectivity index (χ2v) is 4.09. The van der Waals surface area contributed by atoms with E-state index in [0.717, 1.165) is 19.5 Å². The van der Waals surface area contributed by atoms with Gasteiger partial charge in [0.1, 0.15) is 0 Å². The van der Waals surface area contributed by atoms with E-state index < -0.39 is 5.67 Å². The first-order valence-corrected chi connectivity index (χ1v) is 4.98. The number of hydrogen-bond donors (Lipinski definition) is 0. The van der Waals surface area contributed by atoms with E-state index in [2.05, 4.69) is 24.7 Å². The topological polar surface area (TPSA) is 3.24 Å². The third-order valence-corrected chi connectivity index (χ3v) is 2.80. The number of halogens is 1. The molecule has 0 bridgehead atoms. The predicted octanol–water partition coefficient (Wildman–Crippen LogP) is 2.22. The number of terminal acetylenes is 1. The molecule has 0 N–H and O–H groups in total. The number of alkyl halides is 1. The summed E-state index contributed by atoms with van der Waals surface area (Å²) < 4.78 is 13.7. The smallest absolute Gasteiger partial charge is 0.171 e. The van der Waals surface area contributed by atoms with E-state index in [1.165, 1.54) is 0 Å². The zero-order valence-electron chi connectivity index (χ0n) is 8.52. The minimum absolute atomic E-state index is 0.488. The van der Waals surface area contributed by atoms with Crippen LogP contribution in [-0.2, 0) is 0 Å². The summed E-state index contributed by atoms with van der Waals surface area (Å²) in [5.74, 6) is 2.29. The molecule has 0 spiro atoms. The molecule has 0 aromatic heterocycles. The van der Waals surface area contributed by atoms with Gasteiger partial charge < -0.3 is 4.90 Å². The van der Waals surface area contributed by atoms with Crippen LogP contribution in [0.2, 0.25) is 0 Å². The van der Waals surface area contributed by atoms with Gasteiger partial charge in [0, 0.05) is 19.0 Å². The molecule has 1 aliphatic heterocycles. The van der Waals surface area contributed by atoms with Crippen LogP contribution in [0.15, 0.2) is 0 Å². The number of rotatable bonds is 1. The van der Waals surface area contributed by atoms with Gasteiger partial charge in [-0.25, -0.2) is 4.39 Å². The normalized spacial score (nSPS) is 31.3. The lowest BCUT2D eigenvalue weighted by Gasteiger charge is -2.24. The summed E-state index contributed by atoms with van der Waals surface area (Å²) in [5.41, 5.74) is -1.34. The van der Waals surface area contributed by atoms with Gasteiger partial charge in [0.25, 0.3) is 0 Å². The Hall–Kier alpha value is -0.550. The van der Waals surface area contributed by atoms with Crippen molar-refractivity contribution in [3.8, 4) is 12.3 Å². The van der Waals surface area contributed by atoms with Crippen molar-refractivity contribution in [3.05, 3.63) is 0 Å². The minimum Gasteiger partial charge on any atom is -0.301 e. The van der Waals surface area contributed by atoms with Crippen LogP contribution in [0.25, 0.3) is 0 Å². The largest absolute Gasteiger partial charge is 0.301 e. The summed E-state index contributed by atoms with van der Waals surface area (Å²) in [6.07, 6.45) is 7.07. The third-order valence-electron chi connectivity index (χ3n) is 2.80. The molecule has 2 heteroatoms. The molecule has 1 fully saturated rings. The quantitative estimate of drug-likeness (QED) is 0.563. The average Bonchev–Trinajstić information content (AvgIpc) is 2.28. The fraction of sp³-hybridized carbons (Fsp3) is 0.818. The highest BCUT2D eigenvalue weighted by molar-refractivity contribution is 5.08. The molecular formula is C11H18FN. The summed E-state index contributed by atoms with van der Waals surface area (Å²) in [5, 5.41) is 0. The molecule has 0 radical (unpaired) electrons. The van der Waals surface area contributed by atoms with Gasteiger partial charge in [0.05, 0.1) is 0 Å². The van der Waals surface area contributed by atoms with Crippen LogP contribution in [-0.4, -0.2) is 29.7 Å². The molecule has 0 saturated carbocycles. The molecule has 1 rings (SSSR count). The third kappa shape index (κ3) is 2.70. The molecule has 1 saturated heterocycles. The minimum atomic E-state index is -1.34. The molecular weight excluding hydrogens is 165 g/mol. The maximum absolute atomic E-state index is 13.7. The van der Waals surface area contributed by atoms with Gasteiger partial charge in [-0.05, 0) is 33.2 Å². The van der Waals surface area contributed by atoms with Gasteiger partial charge in [-0.2, -0.15) is 0 Å². The molecule has 0 aromatic rings. The summed E-state index contributed by atoms with van der Waals surface area (Å²) >= 11 is 0. The summed E-state index contributed by atoms with van der Waals surface area (Å²) in [6.45, 7) is 6.05. The van der Waals surface area contributed by atoms with Gasteiger partial charge in [-0.15, -0.1) is 6.42 Å². The highest BCUT2D eigenvalue weighted by Gasteiger charge is 2.30. The number of hydrogen-bond acceptors (Lipinski definition) is 1.